The number of hydrogen-bond acceptors (Lipinski definition) is 3. The number of nitrogens with one attached hydrogen (secondary N) is 2. The molecule has 0 atom stereocenters. The summed E-state index contributed by atoms with van der Waals surface area (Å²) in [6, 6.07) is 5.53. The average molecular weight is 290 g/mol. The average Bonchev–Trinajstić information content (AvgIpc) is 2.44. The molecule has 1 heterocycles. The third-order valence-electron chi connectivity index (χ3n) is 3.39. The predicted molar refractivity (Wildman–Crippen MR) is 81.4 cm³/mol. The molecule has 5 heteroatoms. The van der Waals surface area contributed by atoms with E-state index in [0.717, 1.165) is 24.1 Å². The minimum absolute atomic E-state index is 0.00910. The molecule has 0 aromatic heterocycles. The van der Waals surface area contributed by atoms with Crippen LogP contribution >= 0.6 is 0 Å². The molecule has 2 N–H and O–H groups in total. The molecule has 1 aromatic carbocycles. The summed E-state index contributed by atoms with van der Waals surface area (Å²) in [7, 11) is 0. The quantitative estimate of drug-likeness (QED) is 0.843. The van der Waals surface area contributed by atoms with Crippen molar-refractivity contribution in [2.75, 3.05) is 18.5 Å². The summed E-state index contributed by atoms with van der Waals surface area (Å²) in [4.78, 5) is 23.0. The number of ether oxygens (including phenoxy) is 1. The Morgan fingerprint density at radius 1 is 1.38 bits per heavy atom. The van der Waals surface area contributed by atoms with Crippen molar-refractivity contribution in [2.24, 2.45) is 5.92 Å². The van der Waals surface area contributed by atoms with Gasteiger partial charge in [0.2, 0.25) is 5.91 Å². The molecule has 0 fully saturated rings. The van der Waals surface area contributed by atoms with Crippen molar-refractivity contribution >= 4 is 17.5 Å². The maximum absolute atomic E-state index is 11.6. The molecule has 2 amide bonds. The Morgan fingerprint density at radius 2 is 2.19 bits per heavy atom. The van der Waals surface area contributed by atoms with Crippen LogP contribution in [0.4, 0.5) is 5.69 Å². The van der Waals surface area contributed by atoms with Crippen LogP contribution in [0, 0.1) is 5.92 Å². The zero-order valence-corrected chi connectivity index (χ0v) is 12.6. The van der Waals surface area contributed by atoms with Crippen molar-refractivity contribution in [3.63, 3.8) is 0 Å². The second-order valence-corrected chi connectivity index (χ2v) is 5.69. The highest BCUT2D eigenvalue weighted by atomic mass is 16.5. The third kappa shape index (κ3) is 4.77. The van der Waals surface area contributed by atoms with Gasteiger partial charge < -0.3 is 15.4 Å². The zero-order chi connectivity index (χ0) is 15.2. The van der Waals surface area contributed by atoms with Gasteiger partial charge in [-0.3, -0.25) is 9.59 Å². The van der Waals surface area contributed by atoms with E-state index in [0.29, 0.717) is 24.6 Å². The van der Waals surface area contributed by atoms with Gasteiger partial charge in [-0.25, -0.2) is 0 Å². The molecule has 0 saturated heterocycles. The minimum atomic E-state index is -0.127. The molecular weight excluding hydrogens is 268 g/mol. The second kappa shape index (κ2) is 7.11. The van der Waals surface area contributed by atoms with Crippen molar-refractivity contribution in [3.8, 4) is 5.75 Å². The predicted octanol–water partition coefficient (Wildman–Crippen LogP) is 2.11. The summed E-state index contributed by atoms with van der Waals surface area (Å²) in [6.45, 7) is 4.89. The number of amides is 2. The Balaban J connectivity index is 1.82. The zero-order valence-electron chi connectivity index (χ0n) is 12.6. The lowest BCUT2D eigenvalue weighted by atomic mass is 10.0. The van der Waals surface area contributed by atoms with Crippen LogP contribution in [0.15, 0.2) is 18.2 Å². The van der Waals surface area contributed by atoms with Crippen LogP contribution in [0.1, 0.15) is 32.3 Å². The molecule has 0 aliphatic carbocycles. The Kier molecular flexibility index (Phi) is 5.20. The summed E-state index contributed by atoms with van der Waals surface area (Å²) < 4.78 is 5.46. The van der Waals surface area contributed by atoms with Gasteiger partial charge >= 0.3 is 0 Å². The molecule has 21 heavy (non-hydrogen) atoms. The molecule has 5 nitrogen and oxygen atoms in total. The largest absolute Gasteiger partial charge is 0.484 e. The van der Waals surface area contributed by atoms with Gasteiger partial charge in [0, 0.05) is 24.7 Å². The Labute approximate surface area is 125 Å². The first-order valence-electron chi connectivity index (χ1n) is 7.37. The van der Waals surface area contributed by atoms with E-state index in [-0.39, 0.29) is 18.4 Å². The van der Waals surface area contributed by atoms with Crippen LogP contribution in [0.3, 0.4) is 0 Å². The maximum atomic E-state index is 11.6. The monoisotopic (exact) mass is 290 g/mol. The lowest BCUT2D eigenvalue weighted by Gasteiger charge is -2.17. The van der Waals surface area contributed by atoms with Crippen molar-refractivity contribution < 1.29 is 14.3 Å². The first kappa shape index (κ1) is 15.4. The first-order chi connectivity index (χ1) is 10.0. The van der Waals surface area contributed by atoms with Crippen LogP contribution < -0.4 is 15.4 Å². The molecule has 114 valence electrons. The van der Waals surface area contributed by atoms with Crippen molar-refractivity contribution in [2.45, 2.75) is 33.1 Å². The summed E-state index contributed by atoms with van der Waals surface area (Å²) in [5.41, 5.74) is 1.88. The number of anilines is 1. The lowest BCUT2D eigenvalue weighted by molar-refractivity contribution is -0.123. The van der Waals surface area contributed by atoms with E-state index in [4.69, 9.17) is 4.74 Å². The van der Waals surface area contributed by atoms with Gasteiger partial charge in [0.1, 0.15) is 5.75 Å². The van der Waals surface area contributed by atoms with Crippen LogP contribution in [-0.2, 0) is 16.0 Å². The fraction of sp³-hybridized carbons (Fsp3) is 0.500. The van der Waals surface area contributed by atoms with Gasteiger partial charge in [-0.1, -0.05) is 19.9 Å². The van der Waals surface area contributed by atoms with E-state index in [1.807, 2.05) is 12.1 Å². The third-order valence-corrected chi connectivity index (χ3v) is 3.39. The highest BCUT2D eigenvalue weighted by Gasteiger charge is 2.15. The Morgan fingerprint density at radius 3 is 2.95 bits per heavy atom. The Hall–Kier alpha value is -2.04. The molecule has 0 bridgehead atoms. The molecule has 0 saturated carbocycles. The number of benzene rings is 1. The molecular formula is C16H22N2O3. The van der Waals surface area contributed by atoms with Crippen molar-refractivity contribution in [1.29, 1.82) is 0 Å². The molecule has 0 unspecified atom stereocenters. The van der Waals surface area contributed by atoms with Gasteiger partial charge in [-0.15, -0.1) is 0 Å². The van der Waals surface area contributed by atoms with Crippen LogP contribution in [-0.4, -0.2) is 25.0 Å². The second-order valence-electron chi connectivity index (χ2n) is 5.69. The van der Waals surface area contributed by atoms with Gasteiger partial charge in [0.15, 0.2) is 6.61 Å². The Bertz CT molecular complexity index is 526. The van der Waals surface area contributed by atoms with E-state index in [1.54, 1.807) is 6.07 Å². The molecule has 1 aromatic rings. The topological polar surface area (TPSA) is 67.4 Å². The van der Waals surface area contributed by atoms with Crippen LogP contribution in [0.5, 0.6) is 5.75 Å². The number of hydrogen-bond donors (Lipinski definition) is 2. The highest BCUT2D eigenvalue weighted by Crippen LogP contribution is 2.26. The van der Waals surface area contributed by atoms with E-state index >= 15 is 0 Å². The van der Waals surface area contributed by atoms with Crippen LogP contribution in [0.2, 0.25) is 0 Å². The van der Waals surface area contributed by atoms with E-state index in [1.165, 1.54) is 0 Å². The summed E-state index contributed by atoms with van der Waals surface area (Å²) in [5, 5.41) is 5.64. The molecule has 0 spiro atoms. The van der Waals surface area contributed by atoms with Gasteiger partial charge in [-0.05, 0) is 30.4 Å². The smallest absolute Gasteiger partial charge is 0.257 e. The summed E-state index contributed by atoms with van der Waals surface area (Å²) in [5.74, 6) is 1.05. The standard InChI is InChI=1S/C16H22N2O3/c1-11(2)7-8-17-16(20)10-21-13-5-3-12-4-6-15(19)18-14(12)9-13/h3,5,9,11H,4,6-8,10H2,1-2H3,(H,17,20)(H,18,19). The number of fused-ring (bicyclic) bond motifs is 1. The fourth-order valence-corrected chi connectivity index (χ4v) is 2.14. The van der Waals surface area contributed by atoms with Crippen molar-refractivity contribution in [1.82, 2.24) is 5.32 Å². The SMILES string of the molecule is CC(C)CCNC(=O)COc1ccc2c(c1)NC(=O)CC2. The van der Waals surface area contributed by atoms with E-state index in [2.05, 4.69) is 24.5 Å². The lowest BCUT2D eigenvalue weighted by Crippen LogP contribution is -2.30. The molecule has 1 aliphatic heterocycles. The van der Waals surface area contributed by atoms with Gasteiger partial charge in [0.05, 0.1) is 0 Å². The maximum Gasteiger partial charge on any atom is 0.257 e. The van der Waals surface area contributed by atoms with Gasteiger partial charge in [0.25, 0.3) is 5.91 Å². The number of carbonyl (C=O) groups is 2. The molecule has 2 rings (SSSR count). The fourth-order valence-electron chi connectivity index (χ4n) is 2.14. The van der Waals surface area contributed by atoms with E-state index in [9.17, 15) is 9.59 Å². The van der Waals surface area contributed by atoms with Crippen LogP contribution in [0.25, 0.3) is 0 Å². The summed E-state index contributed by atoms with van der Waals surface area (Å²) in [6.07, 6.45) is 2.22. The van der Waals surface area contributed by atoms with Gasteiger partial charge in [-0.2, -0.15) is 0 Å². The number of rotatable bonds is 6. The minimum Gasteiger partial charge on any atom is -0.484 e. The number of aryl methyl sites for hydroxylation is 1. The first-order valence-corrected chi connectivity index (χ1v) is 7.37. The van der Waals surface area contributed by atoms with Crippen molar-refractivity contribution in [3.05, 3.63) is 23.8 Å². The normalized spacial score (nSPS) is 13.6. The molecule has 1 aliphatic rings. The molecule has 0 radical (unpaired) electrons. The summed E-state index contributed by atoms with van der Waals surface area (Å²) >= 11 is 0. The highest BCUT2D eigenvalue weighted by molar-refractivity contribution is 5.94. The number of carbonyl (C=O) groups excluding carboxylic acids is 2. The van der Waals surface area contributed by atoms with E-state index < -0.39 is 0 Å².